The Labute approximate surface area is 122 Å². The van der Waals surface area contributed by atoms with Gasteiger partial charge in [0.1, 0.15) is 11.4 Å². The fraction of sp³-hybridized carbons (Fsp3) is 0.125. The summed E-state index contributed by atoms with van der Waals surface area (Å²) in [4.78, 5) is 16.9. The molecule has 2 heterocycles. The number of para-hydroxylation sites is 1. The van der Waals surface area contributed by atoms with Crippen molar-refractivity contribution in [3.8, 4) is 5.69 Å². The third-order valence-electron chi connectivity index (χ3n) is 3.21. The average molecular weight is 278 g/mol. The Kier molecular flexibility index (Phi) is 3.31. The first-order chi connectivity index (χ1) is 10.2. The lowest BCUT2D eigenvalue weighted by Crippen LogP contribution is -2.13. The van der Waals surface area contributed by atoms with Crippen molar-refractivity contribution in [1.82, 2.24) is 20.0 Å². The highest BCUT2D eigenvalue weighted by Gasteiger charge is 2.19. The fourth-order valence-electron chi connectivity index (χ4n) is 2.22. The van der Waals surface area contributed by atoms with E-state index in [0.29, 0.717) is 11.4 Å². The van der Waals surface area contributed by atoms with Crippen molar-refractivity contribution >= 4 is 5.78 Å². The molecule has 0 atom stereocenters. The predicted octanol–water partition coefficient (Wildman–Crippen LogP) is 2.51. The fourth-order valence-corrected chi connectivity index (χ4v) is 2.22. The molecule has 5 nitrogen and oxygen atoms in total. The molecule has 0 saturated heterocycles. The van der Waals surface area contributed by atoms with Gasteiger partial charge >= 0.3 is 0 Å². The number of benzene rings is 1. The largest absolute Gasteiger partial charge is 0.285 e. The molecule has 21 heavy (non-hydrogen) atoms. The van der Waals surface area contributed by atoms with Crippen molar-refractivity contribution in [2.45, 2.75) is 13.8 Å². The summed E-state index contributed by atoms with van der Waals surface area (Å²) in [7, 11) is 0. The number of aryl methyl sites for hydroxylation is 2. The molecule has 0 aliphatic carbocycles. The van der Waals surface area contributed by atoms with Crippen LogP contribution in [0.25, 0.3) is 5.69 Å². The third kappa shape index (κ3) is 2.45. The van der Waals surface area contributed by atoms with Crippen molar-refractivity contribution < 1.29 is 4.79 Å². The number of hydrogen-bond acceptors (Lipinski definition) is 4. The van der Waals surface area contributed by atoms with Gasteiger partial charge in [-0.05, 0) is 37.1 Å². The van der Waals surface area contributed by atoms with Crippen LogP contribution in [0, 0.1) is 13.8 Å². The molecule has 5 heteroatoms. The molecule has 0 fully saturated rings. The van der Waals surface area contributed by atoms with Crippen LogP contribution in [0.3, 0.4) is 0 Å². The molecule has 0 unspecified atom stereocenters. The van der Waals surface area contributed by atoms with Crippen LogP contribution in [0.4, 0.5) is 0 Å². The molecule has 0 spiro atoms. The molecule has 0 aliphatic heterocycles. The van der Waals surface area contributed by atoms with Crippen molar-refractivity contribution in [3.63, 3.8) is 0 Å². The molecule has 0 aliphatic rings. The SMILES string of the molecule is Cc1cnc(C(=O)c2cnnn2-c2ccccc2)c(C)c1. The van der Waals surface area contributed by atoms with Crippen LogP contribution >= 0.6 is 0 Å². The zero-order chi connectivity index (χ0) is 14.8. The Morgan fingerprint density at radius 2 is 1.86 bits per heavy atom. The summed E-state index contributed by atoms with van der Waals surface area (Å²) < 4.78 is 1.53. The standard InChI is InChI=1S/C16H14N4O/c1-11-8-12(2)15(17-9-11)16(21)14-10-18-19-20(14)13-6-4-3-5-7-13/h3-10H,1-2H3. The topological polar surface area (TPSA) is 60.7 Å². The minimum Gasteiger partial charge on any atom is -0.285 e. The van der Waals surface area contributed by atoms with E-state index in [2.05, 4.69) is 15.3 Å². The number of pyridine rings is 1. The Hall–Kier alpha value is -2.82. The number of ketones is 1. The van der Waals surface area contributed by atoms with E-state index in [1.165, 1.54) is 10.9 Å². The summed E-state index contributed by atoms with van der Waals surface area (Å²) in [5, 5.41) is 7.85. The molecular formula is C16H14N4O. The maximum Gasteiger partial charge on any atom is 0.231 e. The van der Waals surface area contributed by atoms with Gasteiger partial charge in [-0.25, -0.2) is 4.68 Å². The predicted molar refractivity (Wildman–Crippen MR) is 78.5 cm³/mol. The zero-order valence-electron chi connectivity index (χ0n) is 11.8. The Morgan fingerprint density at radius 1 is 1.10 bits per heavy atom. The lowest BCUT2D eigenvalue weighted by molar-refractivity contribution is 0.102. The lowest BCUT2D eigenvalue weighted by Gasteiger charge is -2.07. The molecule has 104 valence electrons. The summed E-state index contributed by atoms with van der Waals surface area (Å²) >= 11 is 0. The van der Waals surface area contributed by atoms with Crippen LogP contribution in [0.5, 0.6) is 0 Å². The first-order valence-electron chi connectivity index (χ1n) is 6.61. The summed E-state index contributed by atoms with van der Waals surface area (Å²) in [5.74, 6) is -0.179. The van der Waals surface area contributed by atoms with Crippen LogP contribution in [0.15, 0.2) is 48.8 Å². The number of nitrogens with zero attached hydrogens (tertiary/aromatic N) is 4. The van der Waals surface area contributed by atoms with Crippen molar-refractivity contribution in [3.05, 3.63) is 71.3 Å². The van der Waals surface area contributed by atoms with Gasteiger partial charge in [0.25, 0.3) is 0 Å². The summed E-state index contributed by atoms with van der Waals surface area (Å²) in [6.45, 7) is 3.83. The van der Waals surface area contributed by atoms with Crippen LogP contribution < -0.4 is 0 Å². The second-order valence-electron chi connectivity index (χ2n) is 4.87. The number of aromatic nitrogens is 4. The van der Waals surface area contributed by atoms with E-state index in [4.69, 9.17) is 0 Å². The summed E-state index contributed by atoms with van der Waals surface area (Å²) in [6.07, 6.45) is 3.16. The van der Waals surface area contributed by atoms with Gasteiger partial charge in [0.05, 0.1) is 11.9 Å². The van der Waals surface area contributed by atoms with E-state index in [1.54, 1.807) is 6.20 Å². The van der Waals surface area contributed by atoms with E-state index in [0.717, 1.165) is 16.8 Å². The highest BCUT2D eigenvalue weighted by atomic mass is 16.1. The highest BCUT2D eigenvalue weighted by molar-refractivity contribution is 6.07. The van der Waals surface area contributed by atoms with Crippen LogP contribution in [0.1, 0.15) is 27.3 Å². The second kappa shape index (κ2) is 5.28. The molecule has 0 amide bonds. The van der Waals surface area contributed by atoms with Gasteiger partial charge in [-0.2, -0.15) is 0 Å². The number of rotatable bonds is 3. The second-order valence-corrected chi connectivity index (χ2v) is 4.87. The van der Waals surface area contributed by atoms with Gasteiger partial charge in [0, 0.05) is 6.20 Å². The molecule has 0 radical (unpaired) electrons. The Bertz CT molecular complexity index is 793. The first-order valence-corrected chi connectivity index (χ1v) is 6.61. The van der Waals surface area contributed by atoms with E-state index in [-0.39, 0.29) is 5.78 Å². The molecule has 1 aromatic carbocycles. The summed E-state index contributed by atoms with van der Waals surface area (Å²) in [5.41, 5.74) is 3.50. The van der Waals surface area contributed by atoms with Gasteiger partial charge in [-0.3, -0.25) is 9.78 Å². The van der Waals surface area contributed by atoms with Crippen molar-refractivity contribution in [2.75, 3.05) is 0 Å². The van der Waals surface area contributed by atoms with Crippen LogP contribution in [-0.2, 0) is 0 Å². The van der Waals surface area contributed by atoms with Gasteiger partial charge in [-0.1, -0.05) is 29.5 Å². The van der Waals surface area contributed by atoms with Crippen molar-refractivity contribution in [1.29, 1.82) is 0 Å². The van der Waals surface area contributed by atoms with Gasteiger partial charge in [0.15, 0.2) is 0 Å². The Balaban J connectivity index is 2.06. The number of carbonyl (C=O) groups excluding carboxylic acids is 1. The maximum atomic E-state index is 12.7. The highest BCUT2D eigenvalue weighted by Crippen LogP contribution is 2.15. The monoisotopic (exact) mass is 278 g/mol. The average Bonchev–Trinajstić information content (AvgIpc) is 2.97. The normalized spacial score (nSPS) is 10.6. The first kappa shape index (κ1) is 13.2. The van der Waals surface area contributed by atoms with Crippen LogP contribution in [0.2, 0.25) is 0 Å². The van der Waals surface area contributed by atoms with E-state index < -0.39 is 0 Å². The molecule has 3 aromatic rings. The quantitative estimate of drug-likeness (QED) is 0.691. The molecule has 0 saturated carbocycles. The minimum atomic E-state index is -0.179. The van der Waals surface area contributed by atoms with Gasteiger partial charge in [0.2, 0.25) is 5.78 Å². The van der Waals surface area contributed by atoms with E-state index >= 15 is 0 Å². The van der Waals surface area contributed by atoms with E-state index in [1.807, 2.05) is 50.2 Å². The van der Waals surface area contributed by atoms with Crippen LogP contribution in [-0.4, -0.2) is 25.8 Å². The molecule has 0 bridgehead atoms. The molecule has 0 N–H and O–H groups in total. The maximum absolute atomic E-state index is 12.7. The molecular weight excluding hydrogens is 264 g/mol. The van der Waals surface area contributed by atoms with Crippen molar-refractivity contribution in [2.24, 2.45) is 0 Å². The lowest BCUT2D eigenvalue weighted by atomic mass is 10.1. The molecule has 3 rings (SSSR count). The smallest absolute Gasteiger partial charge is 0.231 e. The van der Waals surface area contributed by atoms with Gasteiger partial charge < -0.3 is 0 Å². The number of carbonyl (C=O) groups is 1. The summed E-state index contributed by atoms with van der Waals surface area (Å²) in [6, 6.07) is 11.4. The molecule has 2 aromatic heterocycles. The zero-order valence-corrected chi connectivity index (χ0v) is 11.8. The van der Waals surface area contributed by atoms with E-state index in [9.17, 15) is 4.79 Å². The third-order valence-corrected chi connectivity index (χ3v) is 3.21. The Morgan fingerprint density at radius 3 is 2.57 bits per heavy atom. The van der Waals surface area contributed by atoms with Gasteiger partial charge in [-0.15, -0.1) is 5.10 Å². The number of hydrogen-bond donors (Lipinski definition) is 0. The minimum absolute atomic E-state index is 0.179.